The van der Waals surface area contributed by atoms with Gasteiger partial charge in [0.2, 0.25) is 0 Å². The van der Waals surface area contributed by atoms with Crippen LogP contribution < -0.4 is 20.1 Å². The fraction of sp³-hybridized carbons (Fsp3) is 0.190. The highest BCUT2D eigenvalue weighted by Gasteiger charge is 2.08. The van der Waals surface area contributed by atoms with Crippen LogP contribution in [-0.2, 0) is 6.54 Å². The van der Waals surface area contributed by atoms with Crippen molar-refractivity contribution in [3.63, 3.8) is 0 Å². The summed E-state index contributed by atoms with van der Waals surface area (Å²) in [4.78, 5) is 12.1. The molecule has 0 spiro atoms. The van der Waals surface area contributed by atoms with Gasteiger partial charge in [-0.15, -0.1) is 10.2 Å². The van der Waals surface area contributed by atoms with Crippen molar-refractivity contribution < 1.29 is 18.7 Å². The quantitative estimate of drug-likeness (QED) is 0.541. The molecule has 1 amide bonds. The maximum absolute atomic E-state index is 12.9. The maximum Gasteiger partial charge on any atom is 0.271 e. The molecule has 0 fully saturated rings. The van der Waals surface area contributed by atoms with Crippen molar-refractivity contribution in [3.8, 4) is 11.5 Å². The fourth-order valence-corrected chi connectivity index (χ4v) is 2.44. The van der Waals surface area contributed by atoms with E-state index >= 15 is 0 Å². The molecule has 8 heteroatoms. The Hall–Kier alpha value is -3.68. The zero-order chi connectivity index (χ0) is 20.5. The van der Waals surface area contributed by atoms with Crippen LogP contribution in [0.4, 0.5) is 10.2 Å². The Morgan fingerprint density at radius 3 is 2.34 bits per heavy atom. The second-order valence-corrected chi connectivity index (χ2v) is 6.06. The van der Waals surface area contributed by atoms with Crippen LogP contribution in [0.5, 0.6) is 11.5 Å². The fourth-order valence-electron chi connectivity index (χ4n) is 2.44. The van der Waals surface area contributed by atoms with Crippen LogP contribution in [0.2, 0.25) is 0 Å². The number of nitrogens with one attached hydrogen (secondary N) is 2. The minimum atomic E-state index is -0.332. The molecule has 0 saturated carbocycles. The number of amides is 1. The number of rotatable bonds is 9. The van der Waals surface area contributed by atoms with Gasteiger partial charge in [0.1, 0.15) is 29.7 Å². The van der Waals surface area contributed by atoms with Crippen molar-refractivity contribution in [1.29, 1.82) is 0 Å². The van der Waals surface area contributed by atoms with E-state index in [1.54, 1.807) is 55.6 Å². The Labute approximate surface area is 167 Å². The van der Waals surface area contributed by atoms with Crippen molar-refractivity contribution >= 4 is 11.7 Å². The number of benzene rings is 2. The minimum absolute atomic E-state index is 0.210. The number of hydrogen-bond donors (Lipinski definition) is 2. The van der Waals surface area contributed by atoms with E-state index in [0.29, 0.717) is 31.3 Å². The predicted octanol–water partition coefficient (Wildman–Crippen LogP) is 3.05. The first-order chi connectivity index (χ1) is 14.1. The van der Waals surface area contributed by atoms with Crippen molar-refractivity contribution in [2.45, 2.75) is 6.54 Å². The van der Waals surface area contributed by atoms with Crippen LogP contribution in [0.25, 0.3) is 0 Å². The molecule has 2 N–H and O–H groups in total. The lowest BCUT2D eigenvalue weighted by molar-refractivity contribution is 0.0941. The van der Waals surface area contributed by atoms with Gasteiger partial charge in [0.25, 0.3) is 5.91 Å². The van der Waals surface area contributed by atoms with Crippen molar-refractivity contribution in [3.05, 3.63) is 77.7 Å². The summed E-state index contributed by atoms with van der Waals surface area (Å²) in [5.74, 6) is 1.35. The molecule has 0 radical (unpaired) electrons. The second kappa shape index (κ2) is 10.0. The first-order valence-corrected chi connectivity index (χ1v) is 9.01. The Bertz CT molecular complexity index is 916. The number of carbonyl (C=O) groups excluding carboxylic acids is 1. The van der Waals surface area contributed by atoms with Gasteiger partial charge in [-0.05, 0) is 54.1 Å². The number of carbonyl (C=O) groups is 1. The third-order valence-corrected chi connectivity index (χ3v) is 4.00. The van der Waals surface area contributed by atoms with E-state index in [4.69, 9.17) is 9.47 Å². The molecule has 0 unspecified atom stereocenters. The molecular formula is C21H21FN4O3. The number of anilines is 1. The monoisotopic (exact) mass is 396 g/mol. The summed E-state index contributed by atoms with van der Waals surface area (Å²) in [7, 11) is 1.60. The van der Waals surface area contributed by atoms with Gasteiger partial charge < -0.3 is 20.1 Å². The van der Waals surface area contributed by atoms with Gasteiger partial charge >= 0.3 is 0 Å². The van der Waals surface area contributed by atoms with E-state index in [9.17, 15) is 9.18 Å². The zero-order valence-corrected chi connectivity index (χ0v) is 15.9. The highest BCUT2D eigenvalue weighted by atomic mass is 19.1. The normalized spacial score (nSPS) is 10.3. The van der Waals surface area contributed by atoms with Crippen LogP contribution in [-0.4, -0.2) is 36.4 Å². The molecule has 0 atom stereocenters. The third kappa shape index (κ3) is 6.17. The van der Waals surface area contributed by atoms with E-state index < -0.39 is 0 Å². The Morgan fingerprint density at radius 1 is 0.966 bits per heavy atom. The summed E-state index contributed by atoms with van der Waals surface area (Å²) < 4.78 is 23.5. The van der Waals surface area contributed by atoms with Crippen LogP contribution in [0.3, 0.4) is 0 Å². The average Bonchev–Trinajstić information content (AvgIpc) is 2.77. The van der Waals surface area contributed by atoms with E-state index in [0.717, 1.165) is 11.3 Å². The number of aromatic nitrogens is 2. The molecule has 2 aromatic carbocycles. The first kappa shape index (κ1) is 20.1. The van der Waals surface area contributed by atoms with Crippen LogP contribution in [0.15, 0.2) is 60.7 Å². The van der Waals surface area contributed by atoms with E-state index in [1.807, 2.05) is 0 Å². The first-order valence-electron chi connectivity index (χ1n) is 9.01. The van der Waals surface area contributed by atoms with E-state index in [1.165, 1.54) is 12.1 Å². The van der Waals surface area contributed by atoms with Crippen molar-refractivity contribution in [2.24, 2.45) is 0 Å². The summed E-state index contributed by atoms with van der Waals surface area (Å²) >= 11 is 0. The van der Waals surface area contributed by atoms with Crippen molar-refractivity contribution in [1.82, 2.24) is 15.5 Å². The minimum Gasteiger partial charge on any atom is -0.497 e. The molecule has 1 heterocycles. The lowest BCUT2D eigenvalue weighted by Crippen LogP contribution is -2.29. The molecule has 7 nitrogen and oxygen atoms in total. The molecule has 1 aromatic heterocycles. The van der Waals surface area contributed by atoms with Crippen LogP contribution in [0.1, 0.15) is 16.1 Å². The van der Waals surface area contributed by atoms with E-state index in [-0.39, 0.29) is 17.4 Å². The third-order valence-electron chi connectivity index (χ3n) is 4.00. The van der Waals surface area contributed by atoms with Crippen LogP contribution >= 0.6 is 0 Å². The molecule has 3 aromatic rings. The van der Waals surface area contributed by atoms with Gasteiger partial charge in [-0.25, -0.2) is 4.39 Å². The lowest BCUT2D eigenvalue weighted by Gasteiger charge is -2.08. The van der Waals surface area contributed by atoms with Crippen molar-refractivity contribution in [2.75, 3.05) is 25.6 Å². The van der Waals surface area contributed by atoms with E-state index in [2.05, 4.69) is 20.8 Å². The number of ether oxygens (including phenoxy) is 2. The largest absolute Gasteiger partial charge is 0.497 e. The Morgan fingerprint density at radius 2 is 1.69 bits per heavy atom. The number of hydrogen-bond acceptors (Lipinski definition) is 6. The Kier molecular flexibility index (Phi) is 6.94. The summed E-state index contributed by atoms with van der Waals surface area (Å²) in [6.45, 7) is 1.13. The summed E-state index contributed by atoms with van der Waals surface area (Å²) in [5, 5.41) is 13.7. The molecule has 0 aliphatic heterocycles. The molecule has 0 bridgehead atoms. The topological polar surface area (TPSA) is 85.4 Å². The number of nitrogens with zero attached hydrogens (tertiary/aromatic N) is 2. The molecule has 29 heavy (non-hydrogen) atoms. The molecular weight excluding hydrogens is 375 g/mol. The highest BCUT2D eigenvalue weighted by molar-refractivity contribution is 5.92. The van der Waals surface area contributed by atoms with Gasteiger partial charge in [-0.3, -0.25) is 4.79 Å². The maximum atomic E-state index is 12.9. The SMILES string of the molecule is COc1ccc(OCCNC(=O)c2ccc(NCc3ccc(F)cc3)nn2)cc1. The predicted molar refractivity (Wildman–Crippen MR) is 107 cm³/mol. The average molecular weight is 396 g/mol. The summed E-state index contributed by atoms with van der Waals surface area (Å²) in [6.07, 6.45) is 0. The van der Waals surface area contributed by atoms with Gasteiger partial charge in [-0.1, -0.05) is 12.1 Å². The van der Waals surface area contributed by atoms with Gasteiger partial charge in [0.15, 0.2) is 5.69 Å². The Balaban J connectivity index is 1.40. The highest BCUT2D eigenvalue weighted by Crippen LogP contribution is 2.16. The second-order valence-electron chi connectivity index (χ2n) is 6.06. The number of methoxy groups -OCH3 is 1. The van der Waals surface area contributed by atoms with Gasteiger partial charge in [0.05, 0.1) is 13.7 Å². The molecule has 3 rings (SSSR count). The van der Waals surface area contributed by atoms with Gasteiger partial charge in [0, 0.05) is 6.54 Å². The molecule has 0 aliphatic carbocycles. The number of halogens is 1. The summed E-state index contributed by atoms with van der Waals surface area (Å²) in [6, 6.07) is 16.6. The van der Waals surface area contributed by atoms with Gasteiger partial charge in [-0.2, -0.15) is 0 Å². The molecule has 0 aliphatic rings. The molecule has 0 saturated heterocycles. The standard InChI is InChI=1S/C21H21FN4O3/c1-28-17-6-8-18(9-7-17)29-13-12-23-21(27)19-10-11-20(26-25-19)24-14-15-2-4-16(22)5-3-15/h2-11H,12-14H2,1H3,(H,23,27)(H,24,26). The van der Waals surface area contributed by atoms with Crippen LogP contribution in [0, 0.1) is 5.82 Å². The molecule has 150 valence electrons. The lowest BCUT2D eigenvalue weighted by atomic mass is 10.2. The smallest absolute Gasteiger partial charge is 0.271 e. The summed E-state index contributed by atoms with van der Waals surface area (Å²) in [5.41, 5.74) is 1.12. The zero-order valence-electron chi connectivity index (χ0n) is 15.9.